The van der Waals surface area contributed by atoms with E-state index in [9.17, 15) is 9.90 Å². The molecule has 3 N–H and O–H groups in total. The largest absolute Gasteiger partial charge is 0.493 e. The SMILES string of the molecule is COc1ccc(NC(=O)N[C@@H](CO)c2ccccc2)cc1OCCCC#N. The third-order valence-electron chi connectivity index (χ3n) is 3.80. The maximum Gasteiger partial charge on any atom is 0.319 e. The van der Waals surface area contributed by atoms with E-state index in [-0.39, 0.29) is 6.61 Å². The number of urea groups is 1. The molecule has 0 heterocycles. The fourth-order valence-electron chi connectivity index (χ4n) is 2.45. The summed E-state index contributed by atoms with van der Waals surface area (Å²) < 4.78 is 10.9. The van der Waals surface area contributed by atoms with Crippen LogP contribution in [0.5, 0.6) is 11.5 Å². The minimum Gasteiger partial charge on any atom is -0.493 e. The maximum absolute atomic E-state index is 12.3. The van der Waals surface area contributed by atoms with E-state index in [1.165, 1.54) is 7.11 Å². The molecule has 0 aliphatic rings. The molecule has 2 rings (SSSR count). The van der Waals surface area contributed by atoms with Crippen molar-refractivity contribution in [3.05, 3.63) is 54.1 Å². The molecule has 27 heavy (non-hydrogen) atoms. The van der Waals surface area contributed by atoms with Gasteiger partial charge in [0.25, 0.3) is 0 Å². The molecule has 0 bridgehead atoms. The fourth-order valence-corrected chi connectivity index (χ4v) is 2.45. The lowest BCUT2D eigenvalue weighted by atomic mass is 10.1. The first kappa shape index (κ1) is 20.1. The molecule has 2 aromatic rings. The number of ether oxygens (including phenoxy) is 2. The van der Waals surface area contributed by atoms with Crippen LogP contribution in [-0.4, -0.2) is 31.5 Å². The van der Waals surface area contributed by atoms with E-state index < -0.39 is 12.1 Å². The highest BCUT2D eigenvalue weighted by Gasteiger charge is 2.14. The first-order valence-electron chi connectivity index (χ1n) is 8.59. The van der Waals surface area contributed by atoms with E-state index in [0.29, 0.717) is 36.6 Å². The number of carbonyl (C=O) groups excluding carboxylic acids is 1. The number of unbranched alkanes of at least 4 members (excludes halogenated alkanes) is 1. The minimum absolute atomic E-state index is 0.215. The second kappa shape index (κ2) is 10.7. The minimum atomic E-state index is -0.508. The van der Waals surface area contributed by atoms with Gasteiger partial charge in [-0.3, -0.25) is 0 Å². The Bertz CT molecular complexity index is 775. The Morgan fingerprint density at radius 2 is 2.00 bits per heavy atom. The first-order valence-corrected chi connectivity index (χ1v) is 8.59. The van der Waals surface area contributed by atoms with Crippen molar-refractivity contribution in [1.29, 1.82) is 5.26 Å². The summed E-state index contributed by atoms with van der Waals surface area (Å²) in [5.74, 6) is 1.02. The van der Waals surface area contributed by atoms with Gasteiger partial charge < -0.3 is 25.2 Å². The molecular formula is C20H23N3O4. The van der Waals surface area contributed by atoms with Crippen molar-refractivity contribution < 1.29 is 19.4 Å². The predicted octanol–water partition coefficient (Wildman–Crippen LogP) is 3.23. The zero-order chi connectivity index (χ0) is 19.5. The van der Waals surface area contributed by atoms with Gasteiger partial charge in [0.15, 0.2) is 11.5 Å². The van der Waals surface area contributed by atoms with E-state index in [4.69, 9.17) is 14.7 Å². The van der Waals surface area contributed by atoms with Crippen LogP contribution in [0.3, 0.4) is 0 Å². The van der Waals surface area contributed by atoms with Crippen LogP contribution in [0.2, 0.25) is 0 Å². The smallest absolute Gasteiger partial charge is 0.319 e. The molecule has 7 heteroatoms. The molecule has 142 valence electrons. The third kappa shape index (κ3) is 6.20. The predicted molar refractivity (Wildman–Crippen MR) is 102 cm³/mol. The van der Waals surface area contributed by atoms with Crippen LogP contribution in [0.4, 0.5) is 10.5 Å². The number of nitrogens with zero attached hydrogens (tertiary/aromatic N) is 1. The average Bonchev–Trinajstić information content (AvgIpc) is 2.70. The molecule has 2 aromatic carbocycles. The lowest BCUT2D eigenvalue weighted by Crippen LogP contribution is -2.34. The zero-order valence-electron chi connectivity index (χ0n) is 15.1. The van der Waals surface area contributed by atoms with Gasteiger partial charge in [0, 0.05) is 18.2 Å². The Kier molecular flexibility index (Phi) is 7.94. The number of hydrogen-bond donors (Lipinski definition) is 3. The van der Waals surface area contributed by atoms with Gasteiger partial charge in [-0.1, -0.05) is 30.3 Å². The van der Waals surface area contributed by atoms with E-state index in [2.05, 4.69) is 16.7 Å². The van der Waals surface area contributed by atoms with Crippen molar-refractivity contribution in [1.82, 2.24) is 5.32 Å². The summed E-state index contributed by atoms with van der Waals surface area (Å²) in [7, 11) is 1.53. The van der Waals surface area contributed by atoms with Crippen LogP contribution in [0, 0.1) is 11.3 Å². The van der Waals surface area contributed by atoms with E-state index in [0.717, 1.165) is 5.56 Å². The number of nitrogens with one attached hydrogen (secondary N) is 2. The number of carbonyl (C=O) groups is 1. The van der Waals surface area contributed by atoms with Crippen LogP contribution in [0.25, 0.3) is 0 Å². The number of aliphatic hydroxyl groups excluding tert-OH is 1. The van der Waals surface area contributed by atoms with Gasteiger partial charge in [0.1, 0.15) is 0 Å². The Hall–Kier alpha value is -3.24. The summed E-state index contributed by atoms with van der Waals surface area (Å²) in [5, 5.41) is 23.6. The van der Waals surface area contributed by atoms with Crippen LogP contribution in [-0.2, 0) is 0 Å². The molecule has 1 atom stereocenters. The highest BCUT2D eigenvalue weighted by atomic mass is 16.5. The van der Waals surface area contributed by atoms with Gasteiger partial charge in [0.05, 0.1) is 32.4 Å². The van der Waals surface area contributed by atoms with Gasteiger partial charge in [-0.25, -0.2) is 4.79 Å². The number of methoxy groups -OCH3 is 1. The molecule has 0 aromatic heterocycles. The van der Waals surface area contributed by atoms with Gasteiger partial charge in [-0.2, -0.15) is 5.26 Å². The number of rotatable bonds is 9. The molecule has 0 aliphatic heterocycles. The molecule has 0 spiro atoms. The van der Waals surface area contributed by atoms with Gasteiger partial charge in [0.2, 0.25) is 0 Å². The quantitative estimate of drug-likeness (QED) is 0.589. The van der Waals surface area contributed by atoms with Gasteiger partial charge in [-0.15, -0.1) is 0 Å². The molecule has 0 saturated carbocycles. The molecular weight excluding hydrogens is 346 g/mol. The molecule has 0 aliphatic carbocycles. The summed E-state index contributed by atoms with van der Waals surface area (Å²) in [6, 6.07) is 15.4. The Labute approximate surface area is 158 Å². The summed E-state index contributed by atoms with van der Waals surface area (Å²) in [6.45, 7) is 0.160. The maximum atomic E-state index is 12.3. The van der Waals surface area contributed by atoms with Crippen molar-refractivity contribution in [2.45, 2.75) is 18.9 Å². The van der Waals surface area contributed by atoms with Crippen LogP contribution < -0.4 is 20.1 Å². The Morgan fingerprint density at radius 3 is 2.67 bits per heavy atom. The number of amides is 2. The van der Waals surface area contributed by atoms with Crippen LogP contribution >= 0.6 is 0 Å². The number of benzene rings is 2. The van der Waals surface area contributed by atoms with Crippen LogP contribution in [0.1, 0.15) is 24.4 Å². The lowest BCUT2D eigenvalue weighted by Gasteiger charge is -2.18. The molecule has 0 radical (unpaired) electrons. The fraction of sp³-hybridized carbons (Fsp3) is 0.300. The highest BCUT2D eigenvalue weighted by Crippen LogP contribution is 2.30. The zero-order valence-corrected chi connectivity index (χ0v) is 15.1. The summed E-state index contributed by atoms with van der Waals surface area (Å²) >= 11 is 0. The van der Waals surface area contributed by atoms with Crippen molar-refractivity contribution >= 4 is 11.7 Å². The summed E-state index contributed by atoms with van der Waals surface area (Å²) in [6.07, 6.45) is 1.01. The summed E-state index contributed by atoms with van der Waals surface area (Å²) in [4.78, 5) is 12.3. The number of nitriles is 1. The molecule has 0 fully saturated rings. The highest BCUT2D eigenvalue weighted by molar-refractivity contribution is 5.90. The normalized spacial score (nSPS) is 11.1. The molecule has 7 nitrogen and oxygen atoms in total. The van der Waals surface area contributed by atoms with Gasteiger partial charge >= 0.3 is 6.03 Å². The Balaban J connectivity index is 2.00. The molecule has 2 amide bonds. The number of anilines is 1. The second-order valence-corrected chi connectivity index (χ2v) is 5.72. The third-order valence-corrected chi connectivity index (χ3v) is 3.80. The van der Waals surface area contributed by atoms with Gasteiger partial charge in [-0.05, 0) is 24.1 Å². The van der Waals surface area contributed by atoms with Crippen molar-refractivity contribution in [2.24, 2.45) is 0 Å². The molecule has 0 unspecified atom stereocenters. The number of aliphatic hydroxyl groups is 1. The molecule has 0 saturated heterocycles. The second-order valence-electron chi connectivity index (χ2n) is 5.72. The summed E-state index contributed by atoms with van der Waals surface area (Å²) in [5.41, 5.74) is 1.33. The lowest BCUT2D eigenvalue weighted by molar-refractivity contribution is 0.225. The number of hydrogen-bond acceptors (Lipinski definition) is 5. The van der Waals surface area contributed by atoms with Crippen molar-refractivity contribution in [2.75, 3.05) is 25.6 Å². The monoisotopic (exact) mass is 369 g/mol. The topological polar surface area (TPSA) is 104 Å². The first-order chi connectivity index (χ1) is 13.2. The van der Waals surface area contributed by atoms with Crippen LogP contribution in [0.15, 0.2) is 48.5 Å². The van der Waals surface area contributed by atoms with E-state index >= 15 is 0 Å². The average molecular weight is 369 g/mol. The standard InChI is InChI=1S/C20H23N3O4/c1-26-18-10-9-16(13-19(18)27-12-6-5-11-21)22-20(25)23-17(14-24)15-7-3-2-4-8-15/h2-4,7-10,13,17,24H,5-6,12,14H2,1H3,(H2,22,23,25)/t17-/m0/s1. The van der Waals surface area contributed by atoms with Crippen molar-refractivity contribution in [3.8, 4) is 17.6 Å². The Morgan fingerprint density at radius 1 is 1.22 bits per heavy atom. The van der Waals surface area contributed by atoms with Crippen molar-refractivity contribution in [3.63, 3.8) is 0 Å². The van der Waals surface area contributed by atoms with E-state index in [1.54, 1.807) is 18.2 Å². The van der Waals surface area contributed by atoms with E-state index in [1.807, 2.05) is 30.3 Å².